The van der Waals surface area contributed by atoms with Crippen LogP contribution in [0.4, 0.5) is 0 Å². The van der Waals surface area contributed by atoms with E-state index in [0.29, 0.717) is 16.9 Å². The van der Waals surface area contributed by atoms with Crippen LogP contribution in [0.1, 0.15) is 5.56 Å². The molecule has 0 aliphatic rings. The molecule has 0 unspecified atom stereocenters. The van der Waals surface area contributed by atoms with Gasteiger partial charge in [0.2, 0.25) is 0 Å². The van der Waals surface area contributed by atoms with Crippen molar-refractivity contribution in [2.24, 2.45) is 0 Å². The summed E-state index contributed by atoms with van der Waals surface area (Å²) in [5.74, 6) is -0.212. The second-order valence-electron chi connectivity index (χ2n) is 5.32. The van der Waals surface area contributed by atoms with Gasteiger partial charge in [-0.15, -0.1) is 0 Å². The zero-order valence-corrected chi connectivity index (χ0v) is 13.4. The summed E-state index contributed by atoms with van der Waals surface area (Å²) in [5, 5.41) is 0.792. The van der Waals surface area contributed by atoms with E-state index in [1.54, 1.807) is 12.1 Å². The van der Waals surface area contributed by atoms with Crippen LogP contribution in [-0.2, 0) is 9.53 Å². The van der Waals surface area contributed by atoms with Crippen molar-refractivity contribution in [1.29, 1.82) is 0 Å². The number of aryl methyl sites for hydroxylation is 1. The molecule has 1 aromatic heterocycles. The minimum atomic E-state index is -0.517. The number of ether oxygens (including phenoxy) is 2. The Morgan fingerprint density at radius 3 is 2.58 bits per heavy atom. The van der Waals surface area contributed by atoms with E-state index >= 15 is 0 Å². The molecule has 0 N–H and O–H groups in total. The van der Waals surface area contributed by atoms with Gasteiger partial charge in [0.05, 0.1) is 5.56 Å². The Kier molecular flexibility index (Phi) is 4.44. The molecule has 0 aliphatic heterocycles. The van der Waals surface area contributed by atoms with Gasteiger partial charge in [0, 0.05) is 18.6 Å². The van der Waals surface area contributed by atoms with Crippen LogP contribution in [0, 0.1) is 6.92 Å². The number of esters is 1. The zero-order valence-electron chi connectivity index (χ0n) is 13.4. The SMILES string of the molecule is COCC(=O)Oc1ccc2c(C)c(-c3ccccc3)c(=O)oc2c1. The Morgan fingerprint density at radius 1 is 1.12 bits per heavy atom. The largest absolute Gasteiger partial charge is 0.425 e. The molecule has 5 nitrogen and oxygen atoms in total. The molecule has 0 radical (unpaired) electrons. The molecule has 0 saturated heterocycles. The second-order valence-corrected chi connectivity index (χ2v) is 5.32. The van der Waals surface area contributed by atoms with Gasteiger partial charge in [-0.3, -0.25) is 0 Å². The smallest absolute Gasteiger partial charge is 0.344 e. The van der Waals surface area contributed by atoms with Gasteiger partial charge in [-0.05, 0) is 30.2 Å². The van der Waals surface area contributed by atoms with Crippen molar-refractivity contribution in [3.63, 3.8) is 0 Å². The van der Waals surface area contributed by atoms with Crippen molar-refractivity contribution >= 4 is 16.9 Å². The van der Waals surface area contributed by atoms with E-state index in [0.717, 1.165) is 16.5 Å². The quantitative estimate of drug-likeness (QED) is 0.418. The Balaban J connectivity index is 2.08. The predicted octanol–water partition coefficient (Wildman–Crippen LogP) is 3.32. The van der Waals surface area contributed by atoms with Gasteiger partial charge in [-0.2, -0.15) is 0 Å². The molecule has 0 fully saturated rings. The van der Waals surface area contributed by atoms with Crippen LogP contribution in [0.2, 0.25) is 0 Å². The van der Waals surface area contributed by atoms with Gasteiger partial charge in [-0.1, -0.05) is 30.3 Å². The number of fused-ring (bicyclic) bond motifs is 1. The summed E-state index contributed by atoms with van der Waals surface area (Å²) in [5.41, 5.74) is 2.11. The molecule has 0 aliphatic carbocycles. The molecule has 3 rings (SSSR count). The first-order valence-corrected chi connectivity index (χ1v) is 7.42. The van der Waals surface area contributed by atoms with E-state index in [-0.39, 0.29) is 6.61 Å². The third-order valence-corrected chi connectivity index (χ3v) is 3.70. The number of carbonyl (C=O) groups excluding carboxylic acids is 1. The third-order valence-electron chi connectivity index (χ3n) is 3.70. The summed E-state index contributed by atoms with van der Waals surface area (Å²) in [4.78, 5) is 23.9. The normalized spacial score (nSPS) is 10.8. The van der Waals surface area contributed by atoms with Gasteiger partial charge in [0.25, 0.3) is 0 Å². The van der Waals surface area contributed by atoms with Crippen molar-refractivity contribution in [3.05, 3.63) is 64.5 Å². The lowest BCUT2D eigenvalue weighted by molar-refractivity contribution is -0.138. The summed E-state index contributed by atoms with van der Waals surface area (Å²) < 4.78 is 15.3. The topological polar surface area (TPSA) is 65.7 Å². The number of benzene rings is 2. The fraction of sp³-hybridized carbons (Fsp3) is 0.158. The number of rotatable bonds is 4. The highest BCUT2D eigenvalue weighted by atomic mass is 16.6. The van der Waals surface area contributed by atoms with E-state index in [9.17, 15) is 9.59 Å². The second kappa shape index (κ2) is 6.68. The Hall–Kier alpha value is -2.92. The van der Waals surface area contributed by atoms with E-state index in [1.165, 1.54) is 13.2 Å². The van der Waals surface area contributed by atoms with Crippen molar-refractivity contribution in [3.8, 4) is 16.9 Å². The minimum Gasteiger partial charge on any atom is -0.425 e. The fourth-order valence-corrected chi connectivity index (χ4v) is 2.62. The highest BCUT2D eigenvalue weighted by Gasteiger charge is 2.14. The van der Waals surface area contributed by atoms with Gasteiger partial charge in [-0.25, -0.2) is 9.59 Å². The highest BCUT2D eigenvalue weighted by molar-refractivity contribution is 5.88. The molecule has 5 heteroatoms. The summed E-state index contributed by atoms with van der Waals surface area (Å²) in [6.07, 6.45) is 0. The van der Waals surface area contributed by atoms with Crippen LogP contribution in [0.3, 0.4) is 0 Å². The molecular formula is C19H16O5. The Morgan fingerprint density at radius 2 is 1.88 bits per heavy atom. The Bertz CT molecular complexity index is 941. The van der Waals surface area contributed by atoms with E-state index in [2.05, 4.69) is 0 Å². The van der Waals surface area contributed by atoms with Crippen molar-refractivity contribution in [2.75, 3.05) is 13.7 Å². The molecule has 122 valence electrons. The average molecular weight is 324 g/mol. The summed E-state index contributed by atoms with van der Waals surface area (Å²) in [7, 11) is 1.41. The van der Waals surface area contributed by atoms with Crippen LogP contribution in [0.15, 0.2) is 57.7 Å². The van der Waals surface area contributed by atoms with E-state index < -0.39 is 11.6 Å². The van der Waals surface area contributed by atoms with Gasteiger partial charge >= 0.3 is 11.6 Å². The fourth-order valence-electron chi connectivity index (χ4n) is 2.62. The van der Waals surface area contributed by atoms with Gasteiger partial charge < -0.3 is 13.9 Å². The third kappa shape index (κ3) is 3.07. The zero-order chi connectivity index (χ0) is 17.1. The predicted molar refractivity (Wildman–Crippen MR) is 90.2 cm³/mol. The van der Waals surface area contributed by atoms with Crippen molar-refractivity contribution < 1.29 is 18.7 Å². The first kappa shape index (κ1) is 16.0. The molecule has 1 heterocycles. The lowest BCUT2D eigenvalue weighted by Crippen LogP contribution is -2.14. The maximum atomic E-state index is 12.4. The first-order valence-electron chi connectivity index (χ1n) is 7.42. The molecular weight excluding hydrogens is 308 g/mol. The van der Waals surface area contributed by atoms with Crippen LogP contribution in [-0.4, -0.2) is 19.7 Å². The monoisotopic (exact) mass is 324 g/mol. The van der Waals surface area contributed by atoms with Crippen LogP contribution < -0.4 is 10.4 Å². The molecule has 2 aromatic carbocycles. The van der Waals surface area contributed by atoms with Gasteiger partial charge in [0.15, 0.2) is 0 Å². The number of hydrogen-bond acceptors (Lipinski definition) is 5. The lowest BCUT2D eigenvalue weighted by atomic mass is 10.00. The molecule has 3 aromatic rings. The van der Waals surface area contributed by atoms with E-state index in [4.69, 9.17) is 13.9 Å². The standard InChI is InChI=1S/C19H16O5/c1-12-15-9-8-14(23-17(20)11-22-2)10-16(15)24-19(21)18(12)13-6-4-3-5-7-13/h3-10H,11H2,1-2H3. The molecule has 0 amide bonds. The van der Waals surface area contributed by atoms with Gasteiger partial charge in [0.1, 0.15) is 17.9 Å². The molecule has 24 heavy (non-hydrogen) atoms. The molecule has 0 atom stereocenters. The van der Waals surface area contributed by atoms with Crippen LogP contribution >= 0.6 is 0 Å². The molecule has 0 bridgehead atoms. The molecule has 0 saturated carbocycles. The summed E-state index contributed by atoms with van der Waals surface area (Å²) in [6.45, 7) is 1.73. The van der Waals surface area contributed by atoms with Crippen LogP contribution in [0.25, 0.3) is 22.1 Å². The maximum absolute atomic E-state index is 12.4. The average Bonchev–Trinajstić information content (AvgIpc) is 2.55. The number of methoxy groups -OCH3 is 1. The first-order chi connectivity index (χ1) is 11.6. The number of carbonyl (C=O) groups is 1. The molecule has 0 spiro atoms. The Labute approximate surface area is 138 Å². The lowest BCUT2D eigenvalue weighted by Gasteiger charge is -2.09. The summed E-state index contributed by atoms with van der Waals surface area (Å²) in [6, 6.07) is 14.3. The van der Waals surface area contributed by atoms with Crippen molar-refractivity contribution in [1.82, 2.24) is 0 Å². The highest BCUT2D eigenvalue weighted by Crippen LogP contribution is 2.28. The summed E-state index contributed by atoms with van der Waals surface area (Å²) >= 11 is 0. The van der Waals surface area contributed by atoms with Crippen LogP contribution in [0.5, 0.6) is 5.75 Å². The maximum Gasteiger partial charge on any atom is 0.344 e. The number of hydrogen-bond donors (Lipinski definition) is 0. The van der Waals surface area contributed by atoms with E-state index in [1.807, 2.05) is 37.3 Å². The minimum absolute atomic E-state index is 0.145. The van der Waals surface area contributed by atoms with Crippen molar-refractivity contribution in [2.45, 2.75) is 6.92 Å².